The van der Waals surface area contributed by atoms with Crippen LogP contribution in [-0.2, 0) is 11.2 Å². The van der Waals surface area contributed by atoms with E-state index in [1.807, 2.05) is 12.3 Å². The van der Waals surface area contributed by atoms with Gasteiger partial charge in [0.1, 0.15) is 0 Å². The minimum Gasteiger partial charge on any atom is -0.481 e. The van der Waals surface area contributed by atoms with Crippen LogP contribution < -0.4 is 0 Å². The van der Waals surface area contributed by atoms with Gasteiger partial charge < -0.3 is 5.11 Å². The normalized spacial score (nSPS) is 10.5. The standard InChI is InChI=1S/C9H9N3O2S/c1-6-5-15-9(11-6)12-4-7(3-10-12)2-8(13)14/h3-5H,2H2,1H3,(H,13,14). The van der Waals surface area contributed by atoms with Crippen LogP contribution in [0.2, 0.25) is 0 Å². The van der Waals surface area contributed by atoms with Gasteiger partial charge >= 0.3 is 5.97 Å². The highest BCUT2D eigenvalue weighted by atomic mass is 32.1. The summed E-state index contributed by atoms with van der Waals surface area (Å²) in [5.41, 5.74) is 1.61. The van der Waals surface area contributed by atoms with Gasteiger partial charge in [-0.25, -0.2) is 9.67 Å². The minimum absolute atomic E-state index is 0.00957. The van der Waals surface area contributed by atoms with Gasteiger partial charge in [-0.05, 0) is 6.92 Å². The third-order valence-corrected chi connectivity index (χ3v) is 2.74. The Hall–Kier alpha value is -1.69. The molecule has 1 N–H and O–H groups in total. The van der Waals surface area contributed by atoms with E-state index in [1.165, 1.54) is 11.3 Å². The number of aliphatic carboxylic acids is 1. The van der Waals surface area contributed by atoms with Crippen molar-refractivity contribution >= 4 is 17.3 Å². The highest BCUT2D eigenvalue weighted by Gasteiger charge is 2.06. The molecule has 0 bridgehead atoms. The molecule has 0 saturated heterocycles. The number of thiazole rings is 1. The van der Waals surface area contributed by atoms with Crippen LogP contribution in [0.25, 0.3) is 5.13 Å². The second-order valence-corrected chi connectivity index (χ2v) is 3.97. The lowest BCUT2D eigenvalue weighted by atomic mass is 10.3. The molecule has 0 unspecified atom stereocenters. The zero-order valence-corrected chi connectivity index (χ0v) is 8.86. The molecule has 0 amide bonds. The number of carbonyl (C=O) groups is 1. The van der Waals surface area contributed by atoms with Crippen LogP contribution >= 0.6 is 11.3 Å². The van der Waals surface area contributed by atoms with Gasteiger partial charge in [0, 0.05) is 17.1 Å². The van der Waals surface area contributed by atoms with Crippen LogP contribution in [0.3, 0.4) is 0 Å². The summed E-state index contributed by atoms with van der Waals surface area (Å²) in [6.45, 7) is 1.90. The average molecular weight is 223 g/mol. The lowest BCUT2D eigenvalue weighted by Crippen LogP contribution is -1.98. The molecule has 6 heteroatoms. The van der Waals surface area contributed by atoms with Crippen molar-refractivity contribution in [1.82, 2.24) is 14.8 Å². The van der Waals surface area contributed by atoms with E-state index >= 15 is 0 Å². The summed E-state index contributed by atoms with van der Waals surface area (Å²) in [6.07, 6.45) is 3.22. The highest BCUT2D eigenvalue weighted by Crippen LogP contribution is 2.14. The van der Waals surface area contributed by atoms with Crippen molar-refractivity contribution in [3.8, 4) is 5.13 Å². The van der Waals surface area contributed by atoms with Gasteiger partial charge in [0.25, 0.3) is 0 Å². The van der Waals surface area contributed by atoms with E-state index in [0.29, 0.717) is 5.56 Å². The monoisotopic (exact) mass is 223 g/mol. The van der Waals surface area contributed by atoms with Gasteiger partial charge in [0.2, 0.25) is 5.13 Å². The molecule has 0 radical (unpaired) electrons. The molecule has 2 heterocycles. The predicted molar refractivity (Wildman–Crippen MR) is 55.3 cm³/mol. The molecule has 78 valence electrons. The Balaban J connectivity index is 2.23. The number of aryl methyl sites for hydroxylation is 1. The number of aromatic nitrogens is 3. The molecular formula is C9H9N3O2S. The van der Waals surface area contributed by atoms with Crippen molar-refractivity contribution in [3.63, 3.8) is 0 Å². The Morgan fingerprint density at radius 2 is 2.47 bits per heavy atom. The first-order valence-electron chi connectivity index (χ1n) is 4.33. The molecular weight excluding hydrogens is 214 g/mol. The SMILES string of the molecule is Cc1csc(-n2cc(CC(=O)O)cn2)n1. The van der Waals surface area contributed by atoms with E-state index in [9.17, 15) is 4.79 Å². The van der Waals surface area contributed by atoms with Crippen LogP contribution in [0, 0.1) is 6.92 Å². The summed E-state index contributed by atoms with van der Waals surface area (Å²) in [7, 11) is 0. The fourth-order valence-corrected chi connectivity index (χ4v) is 1.91. The molecule has 0 aliphatic heterocycles. The molecule has 0 spiro atoms. The number of rotatable bonds is 3. The van der Waals surface area contributed by atoms with Crippen LogP contribution in [0.1, 0.15) is 11.3 Å². The first-order chi connectivity index (χ1) is 7.15. The third-order valence-electron chi connectivity index (χ3n) is 1.79. The molecule has 0 aliphatic rings. The van der Waals surface area contributed by atoms with E-state index in [1.54, 1.807) is 17.1 Å². The minimum atomic E-state index is -0.857. The quantitative estimate of drug-likeness (QED) is 0.850. The fraction of sp³-hybridized carbons (Fsp3) is 0.222. The number of carboxylic acid groups (broad SMARTS) is 1. The van der Waals surface area contributed by atoms with Crippen LogP contribution in [0.4, 0.5) is 0 Å². The molecule has 0 fully saturated rings. The molecule has 2 aromatic heterocycles. The second kappa shape index (κ2) is 3.82. The largest absolute Gasteiger partial charge is 0.481 e. The summed E-state index contributed by atoms with van der Waals surface area (Å²) in [5.74, 6) is -0.857. The van der Waals surface area contributed by atoms with Gasteiger partial charge in [0.15, 0.2) is 0 Å². The average Bonchev–Trinajstić information content (AvgIpc) is 2.72. The molecule has 2 aromatic rings. The number of nitrogens with zero attached hydrogens (tertiary/aromatic N) is 3. The van der Waals surface area contributed by atoms with Crippen molar-refractivity contribution in [1.29, 1.82) is 0 Å². The topological polar surface area (TPSA) is 68.0 Å². The summed E-state index contributed by atoms with van der Waals surface area (Å²) in [5, 5.41) is 15.3. The van der Waals surface area contributed by atoms with Crippen molar-refractivity contribution < 1.29 is 9.90 Å². The van der Waals surface area contributed by atoms with Crippen LogP contribution in [0.5, 0.6) is 0 Å². The Labute approximate surface area is 90.0 Å². The maximum atomic E-state index is 10.5. The van der Waals surface area contributed by atoms with Gasteiger partial charge in [-0.1, -0.05) is 0 Å². The lowest BCUT2D eigenvalue weighted by Gasteiger charge is -1.92. The summed E-state index contributed by atoms with van der Waals surface area (Å²) < 4.78 is 1.59. The molecule has 0 saturated carbocycles. The van der Waals surface area contributed by atoms with Crippen molar-refractivity contribution in [2.75, 3.05) is 0 Å². The van der Waals surface area contributed by atoms with Crippen molar-refractivity contribution in [2.24, 2.45) is 0 Å². The van der Waals surface area contributed by atoms with E-state index in [0.717, 1.165) is 10.8 Å². The Morgan fingerprint density at radius 1 is 1.67 bits per heavy atom. The third kappa shape index (κ3) is 2.21. The smallest absolute Gasteiger partial charge is 0.307 e. The maximum absolute atomic E-state index is 10.5. The lowest BCUT2D eigenvalue weighted by molar-refractivity contribution is -0.136. The molecule has 2 rings (SSSR count). The van der Waals surface area contributed by atoms with E-state index in [2.05, 4.69) is 10.1 Å². The summed E-state index contributed by atoms with van der Waals surface area (Å²) in [4.78, 5) is 14.7. The highest BCUT2D eigenvalue weighted by molar-refractivity contribution is 7.12. The van der Waals surface area contributed by atoms with Gasteiger partial charge in [0.05, 0.1) is 18.3 Å². The van der Waals surface area contributed by atoms with Crippen LogP contribution in [0.15, 0.2) is 17.8 Å². The van der Waals surface area contributed by atoms with Crippen molar-refractivity contribution in [2.45, 2.75) is 13.3 Å². The Morgan fingerprint density at radius 3 is 3.07 bits per heavy atom. The second-order valence-electron chi connectivity index (χ2n) is 3.14. The van der Waals surface area contributed by atoms with E-state index < -0.39 is 5.97 Å². The van der Waals surface area contributed by atoms with Gasteiger partial charge in [-0.2, -0.15) is 5.10 Å². The zero-order valence-electron chi connectivity index (χ0n) is 8.04. The molecule has 0 aliphatic carbocycles. The maximum Gasteiger partial charge on any atom is 0.307 e. The predicted octanol–water partition coefficient (Wildman–Crippen LogP) is 1.26. The fourth-order valence-electron chi connectivity index (χ4n) is 1.18. The van der Waals surface area contributed by atoms with Crippen molar-refractivity contribution in [3.05, 3.63) is 29.0 Å². The molecule has 5 nitrogen and oxygen atoms in total. The van der Waals surface area contributed by atoms with Crippen LogP contribution in [-0.4, -0.2) is 25.8 Å². The zero-order chi connectivity index (χ0) is 10.8. The summed E-state index contributed by atoms with van der Waals surface area (Å²) >= 11 is 1.48. The first-order valence-corrected chi connectivity index (χ1v) is 5.21. The van der Waals surface area contributed by atoms with E-state index in [-0.39, 0.29) is 6.42 Å². The number of hydrogen-bond acceptors (Lipinski definition) is 4. The summed E-state index contributed by atoms with van der Waals surface area (Å²) in [6, 6.07) is 0. The molecule has 0 aromatic carbocycles. The number of hydrogen-bond donors (Lipinski definition) is 1. The van der Waals surface area contributed by atoms with E-state index in [4.69, 9.17) is 5.11 Å². The number of carboxylic acids is 1. The van der Waals surface area contributed by atoms with Gasteiger partial charge in [-0.15, -0.1) is 11.3 Å². The Bertz CT molecular complexity index is 489. The molecule has 15 heavy (non-hydrogen) atoms. The molecule has 0 atom stereocenters. The van der Waals surface area contributed by atoms with Gasteiger partial charge in [-0.3, -0.25) is 4.79 Å². The first kappa shape index (κ1) is 9.85. The Kier molecular flexibility index (Phi) is 2.51.